The van der Waals surface area contributed by atoms with Crippen molar-refractivity contribution in [3.8, 4) is 5.75 Å². The van der Waals surface area contributed by atoms with Crippen LogP contribution >= 0.6 is 0 Å². The number of aromatic nitrogens is 2. The van der Waals surface area contributed by atoms with Crippen LogP contribution < -0.4 is 10.3 Å². The molecule has 4 heterocycles. The molecule has 0 spiro atoms. The van der Waals surface area contributed by atoms with Crippen LogP contribution in [0.3, 0.4) is 0 Å². The SMILES string of the molecule is COc1ccc2c(c1)c([C@H](C(=O)O)N1C[C@H]3C[C@H](C1)c1cccc(=O)n1C3)cn2CC(=O)O. The molecule has 172 valence electrons. The van der Waals surface area contributed by atoms with Crippen molar-refractivity contribution in [2.75, 3.05) is 20.2 Å². The van der Waals surface area contributed by atoms with Gasteiger partial charge in [-0.25, -0.2) is 0 Å². The van der Waals surface area contributed by atoms with Gasteiger partial charge < -0.3 is 24.1 Å². The van der Waals surface area contributed by atoms with Crippen LogP contribution in [-0.4, -0.2) is 56.4 Å². The van der Waals surface area contributed by atoms with Crippen molar-refractivity contribution in [2.45, 2.75) is 31.5 Å². The monoisotopic (exact) mass is 451 g/mol. The van der Waals surface area contributed by atoms with Crippen molar-refractivity contribution < 1.29 is 24.5 Å². The zero-order chi connectivity index (χ0) is 23.3. The van der Waals surface area contributed by atoms with Gasteiger partial charge in [0.05, 0.1) is 7.11 Å². The third-order valence-electron chi connectivity index (χ3n) is 6.83. The number of ether oxygens (including phenoxy) is 1. The molecular formula is C24H25N3O6. The molecule has 9 nitrogen and oxygen atoms in total. The maximum Gasteiger partial charge on any atom is 0.325 e. The lowest BCUT2D eigenvalue weighted by molar-refractivity contribution is -0.144. The molecule has 2 bridgehead atoms. The van der Waals surface area contributed by atoms with Crippen LogP contribution in [0.4, 0.5) is 0 Å². The first kappa shape index (κ1) is 21.3. The molecule has 3 aromatic rings. The van der Waals surface area contributed by atoms with Gasteiger partial charge in [-0.05, 0) is 36.6 Å². The van der Waals surface area contributed by atoms with E-state index >= 15 is 0 Å². The highest BCUT2D eigenvalue weighted by molar-refractivity contribution is 5.91. The van der Waals surface area contributed by atoms with E-state index in [1.165, 1.54) is 7.11 Å². The Bertz CT molecular complexity index is 1310. The van der Waals surface area contributed by atoms with Crippen molar-refractivity contribution in [2.24, 2.45) is 5.92 Å². The number of hydrogen-bond acceptors (Lipinski definition) is 5. The number of carboxylic acids is 2. The molecule has 2 aromatic heterocycles. The predicted octanol–water partition coefficient (Wildman–Crippen LogP) is 2.14. The minimum absolute atomic E-state index is 0.0192. The first-order valence-electron chi connectivity index (χ1n) is 10.9. The van der Waals surface area contributed by atoms with Gasteiger partial charge >= 0.3 is 11.9 Å². The summed E-state index contributed by atoms with van der Waals surface area (Å²) in [6.45, 7) is 1.36. The molecule has 2 N–H and O–H groups in total. The fourth-order valence-corrected chi connectivity index (χ4v) is 5.56. The van der Waals surface area contributed by atoms with Crippen LogP contribution in [0.5, 0.6) is 5.75 Å². The standard InChI is InChI=1S/C24H25N3O6/c1-33-16-5-6-20-17(8-16)18(12-25(20)13-22(29)30)23(24(31)32)26-9-14-7-15(11-26)19-3-2-4-21(28)27(19)10-14/h2-6,8,12,14-15,23H,7,9-11,13H2,1H3,(H,29,30)(H,31,32)/t14-,15-,23-/m1/s1. The minimum atomic E-state index is -1.00. The van der Waals surface area contributed by atoms with E-state index in [9.17, 15) is 24.6 Å². The second-order valence-corrected chi connectivity index (χ2v) is 8.88. The van der Waals surface area contributed by atoms with Gasteiger partial charge in [-0.1, -0.05) is 6.07 Å². The minimum Gasteiger partial charge on any atom is -0.497 e. The molecule has 9 heteroatoms. The largest absolute Gasteiger partial charge is 0.497 e. The topological polar surface area (TPSA) is 114 Å². The third kappa shape index (κ3) is 3.68. The van der Waals surface area contributed by atoms with E-state index in [-0.39, 0.29) is 23.9 Å². The Labute approximate surface area is 189 Å². The van der Waals surface area contributed by atoms with Gasteiger partial charge in [0.15, 0.2) is 0 Å². The first-order valence-corrected chi connectivity index (χ1v) is 10.9. The van der Waals surface area contributed by atoms with E-state index < -0.39 is 18.0 Å². The smallest absolute Gasteiger partial charge is 0.325 e. The van der Waals surface area contributed by atoms with E-state index in [2.05, 4.69) is 0 Å². The molecule has 1 aromatic carbocycles. The molecule has 2 aliphatic rings. The Morgan fingerprint density at radius 3 is 2.70 bits per heavy atom. The van der Waals surface area contributed by atoms with Gasteiger partial charge in [0.25, 0.3) is 5.56 Å². The molecule has 0 radical (unpaired) electrons. The lowest BCUT2D eigenvalue weighted by Gasteiger charge is -2.44. The Hall–Kier alpha value is -3.59. The molecular weight excluding hydrogens is 426 g/mol. The highest BCUT2D eigenvalue weighted by Crippen LogP contribution is 2.40. The third-order valence-corrected chi connectivity index (χ3v) is 6.83. The van der Waals surface area contributed by atoms with Crippen LogP contribution in [0.2, 0.25) is 0 Å². The number of methoxy groups -OCH3 is 1. The first-order chi connectivity index (χ1) is 15.9. The number of hydrogen-bond donors (Lipinski definition) is 2. The van der Waals surface area contributed by atoms with E-state index in [1.807, 2.05) is 15.5 Å². The molecule has 33 heavy (non-hydrogen) atoms. The van der Waals surface area contributed by atoms with Crippen molar-refractivity contribution in [3.63, 3.8) is 0 Å². The fourth-order valence-electron chi connectivity index (χ4n) is 5.56. The number of likely N-dealkylation sites (tertiary alicyclic amines) is 1. The molecule has 0 unspecified atom stereocenters. The number of rotatable bonds is 6. The lowest BCUT2D eigenvalue weighted by Crippen LogP contribution is -2.49. The number of carboxylic acid groups (broad SMARTS) is 2. The van der Waals surface area contributed by atoms with Crippen molar-refractivity contribution in [1.82, 2.24) is 14.0 Å². The highest BCUT2D eigenvalue weighted by atomic mass is 16.5. The van der Waals surface area contributed by atoms with E-state index in [0.717, 1.165) is 12.1 Å². The van der Waals surface area contributed by atoms with Crippen molar-refractivity contribution in [1.29, 1.82) is 0 Å². The molecule has 0 amide bonds. The van der Waals surface area contributed by atoms with Crippen molar-refractivity contribution in [3.05, 3.63) is 64.2 Å². The Kier molecular flexibility index (Phi) is 5.20. The Morgan fingerprint density at radius 2 is 1.97 bits per heavy atom. The van der Waals surface area contributed by atoms with E-state index in [1.54, 1.807) is 41.1 Å². The highest BCUT2D eigenvalue weighted by Gasteiger charge is 2.40. The molecule has 2 aliphatic heterocycles. The quantitative estimate of drug-likeness (QED) is 0.590. The molecule has 1 saturated heterocycles. The Morgan fingerprint density at radius 1 is 1.15 bits per heavy atom. The summed E-state index contributed by atoms with van der Waals surface area (Å²) in [5, 5.41) is 20.3. The summed E-state index contributed by atoms with van der Waals surface area (Å²) in [6.07, 6.45) is 2.56. The molecule has 0 saturated carbocycles. The second-order valence-electron chi connectivity index (χ2n) is 8.88. The van der Waals surface area contributed by atoms with Crippen molar-refractivity contribution >= 4 is 22.8 Å². The zero-order valence-electron chi connectivity index (χ0n) is 18.2. The summed E-state index contributed by atoms with van der Waals surface area (Å²) in [7, 11) is 1.54. The van der Waals surface area contributed by atoms with Gasteiger partial charge in [-0.2, -0.15) is 0 Å². The summed E-state index contributed by atoms with van der Waals surface area (Å²) in [4.78, 5) is 38.3. The summed E-state index contributed by atoms with van der Waals surface area (Å²) >= 11 is 0. The lowest BCUT2D eigenvalue weighted by atomic mass is 9.82. The summed E-state index contributed by atoms with van der Waals surface area (Å²) in [5.74, 6) is -1.19. The number of carbonyl (C=O) groups is 2. The number of piperidine rings is 1. The molecule has 5 rings (SSSR count). The summed E-state index contributed by atoms with van der Waals surface area (Å²) < 4.78 is 8.73. The average molecular weight is 451 g/mol. The van der Waals surface area contributed by atoms with Crippen LogP contribution in [0.15, 0.2) is 47.4 Å². The van der Waals surface area contributed by atoms with E-state index in [0.29, 0.717) is 41.9 Å². The van der Waals surface area contributed by atoms with Gasteiger partial charge in [0.2, 0.25) is 0 Å². The molecule has 0 aliphatic carbocycles. The average Bonchev–Trinajstić information content (AvgIpc) is 3.11. The predicted molar refractivity (Wildman–Crippen MR) is 120 cm³/mol. The number of fused-ring (bicyclic) bond motifs is 5. The van der Waals surface area contributed by atoms with Gasteiger partial charge in [0.1, 0.15) is 18.3 Å². The van der Waals surface area contributed by atoms with Gasteiger partial charge in [0, 0.05) is 60.0 Å². The molecule has 3 atom stereocenters. The number of nitrogens with zero attached hydrogens (tertiary/aromatic N) is 3. The van der Waals surface area contributed by atoms with Crippen LogP contribution in [0, 0.1) is 5.92 Å². The van der Waals surface area contributed by atoms with E-state index in [4.69, 9.17) is 4.74 Å². The summed E-state index contributed by atoms with van der Waals surface area (Å²) in [6, 6.07) is 9.58. The maximum absolute atomic E-state index is 12.6. The zero-order valence-corrected chi connectivity index (χ0v) is 18.2. The maximum atomic E-state index is 12.6. The van der Waals surface area contributed by atoms with Crippen LogP contribution in [0.25, 0.3) is 10.9 Å². The van der Waals surface area contributed by atoms with Crippen LogP contribution in [-0.2, 0) is 22.7 Å². The fraction of sp³-hybridized carbons (Fsp3) is 0.375. The Balaban J connectivity index is 1.58. The number of pyridine rings is 1. The second kappa shape index (κ2) is 8.08. The molecule has 1 fully saturated rings. The van der Waals surface area contributed by atoms with Gasteiger partial charge in [-0.15, -0.1) is 0 Å². The van der Waals surface area contributed by atoms with Crippen LogP contribution in [0.1, 0.15) is 29.6 Å². The number of aliphatic carboxylic acids is 2. The number of benzene rings is 1. The summed E-state index contributed by atoms with van der Waals surface area (Å²) in [5.41, 5.74) is 2.12. The van der Waals surface area contributed by atoms with Gasteiger partial charge in [-0.3, -0.25) is 19.3 Å². The normalized spacial score (nSPS) is 20.9.